The Morgan fingerprint density at radius 2 is 1.91 bits per heavy atom. The van der Waals surface area contributed by atoms with Crippen LogP contribution in [0.2, 0.25) is 0 Å². The van der Waals surface area contributed by atoms with Crippen molar-refractivity contribution in [1.82, 2.24) is 19.9 Å². The predicted octanol–water partition coefficient (Wildman–Crippen LogP) is 1.94. The summed E-state index contributed by atoms with van der Waals surface area (Å²) < 4.78 is 11.4. The van der Waals surface area contributed by atoms with Crippen LogP contribution >= 0.6 is 0 Å². The van der Waals surface area contributed by atoms with Crippen molar-refractivity contribution in [3.8, 4) is 0 Å². The maximum absolute atomic E-state index is 12.0. The number of aromatic nitrogens is 3. The van der Waals surface area contributed by atoms with E-state index < -0.39 is 11.6 Å². The van der Waals surface area contributed by atoms with Gasteiger partial charge in [0, 0.05) is 19.3 Å². The Morgan fingerprint density at radius 1 is 1.26 bits per heavy atom. The fourth-order valence-electron chi connectivity index (χ4n) is 2.16. The molecule has 0 unspecified atom stereocenters. The molecule has 0 atom stereocenters. The summed E-state index contributed by atoms with van der Waals surface area (Å²) in [4.78, 5) is 25.0. The molecule has 0 bridgehead atoms. The number of piperidine rings is 1. The van der Waals surface area contributed by atoms with Crippen LogP contribution in [0.3, 0.4) is 0 Å². The molecule has 1 amide bonds. The Morgan fingerprint density at radius 3 is 2.48 bits per heavy atom. The quantitative estimate of drug-likeness (QED) is 0.773. The van der Waals surface area contributed by atoms with Crippen LogP contribution in [0.5, 0.6) is 0 Å². The molecule has 1 aliphatic rings. The van der Waals surface area contributed by atoms with Crippen molar-refractivity contribution in [3.63, 3.8) is 0 Å². The molecular weight excluding hydrogens is 300 g/mol. The molecule has 0 radical (unpaired) electrons. The number of ether oxygens (including phenoxy) is 2. The van der Waals surface area contributed by atoms with E-state index in [4.69, 9.17) is 4.74 Å². The first kappa shape index (κ1) is 17.0. The van der Waals surface area contributed by atoms with Gasteiger partial charge in [-0.15, -0.1) is 5.10 Å². The first-order valence-electron chi connectivity index (χ1n) is 7.46. The summed E-state index contributed by atoms with van der Waals surface area (Å²) in [6.07, 6.45) is 4.51. The lowest BCUT2D eigenvalue weighted by molar-refractivity contribution is 0.0236. The fourth-order valence-corrected chi connectivity index (χ4v) is 2.16. The molecule has 1 aromatic heterocycles. The highest BCUT2D eigenvalue weighted by Gasteiger charge is 2.24. The lowest BCUT2D eigenvalue weighted by Gasteiger charge is -2.30. The molecule has 1 aliphatic heterocycles. The molecule has 2 rings (SSSR count). The van der Waals surface area contributed by atoms with Crippen LogP contribution in [0.15, 0.2) is 11.8 Å². The molecule has 1 saturated heterocycles. The standard InChI is InChI=1S/C15H22N4O4/c1-15(2,3)23-14(21)18-7-5-11(6-8-18)9-19-10-12(16-17-19)13(20)22-4/h9-10H,5-8H2,1-4H3. The predicted molar refractivity (Wildman–Crippen MR) is 82.7 cm³/mol. The van der Waals surface area contributed by atoms with Gasteiger partial charge in [0.15, 0.2) is 5.69 Å². The van der Waals surface area contributed by atoms with Crippen molar-refractivity contribution in [2.75, 3.05) is 20.2 Å². The van der Waals surface area contributed by atoms with Gasteiger partial charge in [0.2, 0.25) is 0 Å². The van der Waals surface area contributed by atoms with Crippen molar-refractivity contribution in [1.29, 1.82) is 0 Å². The Labute approximate surface area is 135 Å². The normalized spacial score (nSPS) is 15.3. The van der Waals surface area contributed by atoms with Crippen LogP contribution in [0.4, 0.5) is 4.79 Å². The molecule has 0 aromatic carbocycles. The summed E-state index contributed by atoms with van der Waals surface area (Å²) in [6.45, 7) is 6.75. The number of esters is 1. The van der Waals surface area contributed by atoms with Gasteiger partial charge >= 0.3 is 12.1 Å². The highest BCUT2D eigenvalue weighted by Crippen LogP contribution is 2.19. The minimum atomic E-state index is -0.519. The Balaban J connectivity index is 1.92. The summed E-state index contributed by atoms with van der Waals surface area (Å²) in [6, 6.07) is 0. The summed E-state index contributed by atoms with van der Waals surface area (Å²) in [5, 5.41) is 7.61. The maximum atomic E-state index is 12.0. The minimum absolute atomic E-state index is 0.163. The summed E-state index contributed by atoms with van der Waals surface area (Å²) in [5.74, 6) is -0.519. The number of hydrogen-bond acceptors (Lipinski definition) is 6. The van der Waals surface area contributed by atoms with E-state index in [1.54, 1.807) is 4.90 Å². The molecule has 126 valence electrons. The zero-order chi connectivity index (χ0) is 17.0. The zero-order valence-electron chi connectivity index (χ0n) is 13.9. The Bertz CT molecular complexity index is 605. The van der Waals surface area contributed by atoms with Gasteiger partial charge in [0.1, 0.15) is 5.60 Å². The number of amides is 1. The van der Waals surface area contributed by atoms with Gasteiger partial charge in [-0.25, -0.2) is 14.3 Å². The summed E-state index contributed by atoms with van der Waals surface area (Å²) in [7, 11) is 1.30. The highest BCUT2D eigenvalue weighted by atomic mass is 16.6. The number of nitrogens with zero attached hydrogens (tertiary/aromatic N) is 4. The van der Waals surface area contributed by atoms with E-state index in [1.807, 2.05) is 27.0 Å². The van der Waals surface area contributed by atoms with Crippen molar-refractivity contribution >= 4 is 18.3 Å². The number of carbonyl (C=O) groups is 2. The second-order valence-corrected chi connectivity index (χ2v) is 6.33. The van der Waals surface area contributed by atoms with E-state index in [0.717, 1.165) is 18.4 Å². The van der Waals surface area contributed by atoms with Gasteiger partial charge < -0.3 is 14.4 Å². The Kier molecular flexibility index (Phi) is 5.02. The SMILES string of the molecule is COC(=O)c1cn(C=C2CCN(C(=O)OC(C)(C)C)CC2)nn1. The van der Waals surface area contributed by atoms with Gasteiger partial charge in [0.05, 0.1) is 13.3 Å². The third-order valence-corrected chi connectivity index (χ3v) is 3.28. The molecule has 23 heavy (non-hydrogen) atoms. The monoisotopic (exact) mass is 322 g/mol. The molecule has 8 nitrogen and oxygen atoms in total. The van der Waals surface area contributed by atoms with Crippen LogP contribution in [0.1, 0.15) is 44.1 Å². The lowest BCUT2D eigenvalue weighted by Crippen LogP contribution is -2.40. The summed E-state index contributed by atoms with van der Waals surface area (Å²) >= 11 is 0. The van der Waals surface area contributed by atoms with E-state index in [-0.39, 0.29) is 11.8 Å². The molecule has 0 aliphatic carbocycles. The van der Waals surface area contributed by atoms with Crippen molar-refractivity contribution in [2.45, 2.75) is 39.2 Å². The number of hydrogen-bond donors (Lipinski definition) is 0. The molecular formula is C15H22N4O4. The topological polar surface area (TPSA) is 86.5 Å². The maximum Gasteiger partial charge on any atom is 0.410 e. The first-order valence-corrected chi connectivity index (χ1v) is 7.46. The van der Waals surface area contributed by atoms with Gasteiger partial charge in [-0.1, -0.05) is 5.21 Å². The van der Waals surface area contributed by atoms with Crippen LogP contribution in [0.25, 0.3) is 6.20 Å². The molecule has 8 heteroatoms. The second-order valence-electron chi connectivity index (χ2n) is 6.33. The minimum Gasteiger partial charge on any atom is -0.464 e. The first-order chi connectivity index (χ1) is 10.8. The van der Waals surface area contributed by atoms with Crippen molar-refractivity contribution in [3.05, 3.63) is 17.5 Å². The number of likely N-dealkylation sites (tertiary alicyclic amines) is 1. The Hall–Kier alpha value is -2.38. The average Bonchev–Trinajstić information content (AvgIpc) is 2.94. The van der Waals surface area contributed by atoms with E-state index in [0.29, 0.717) is 13.1 Å². The third kappa shape index (κ3) is 4.80. The van der Waals surface area contributed by atoms with E-state index >= 15 is 0 Å². The lowest BCUT2D eigenvalue weighted by atomic mass is 10.1. The summed E-state index contributed by atoms with van der Waals surface area (Å²) in [5.41, 5.74) is 0.805. The van der Waals surface area contributed by atoms with Gasteiger partial charge in [-0.2, -0.15) is 0 Å². The fraction of sp³-hybridized carbons (Fsp3) is 0.600. The number of rotatable bonds is 2. The van der Waals surface area contributed by atoms with Gasteiger partial charge in [-0.3, -0.25) is 0 Å². The van der Waals surface area contributed by atoms with E-state index in [9.17, 15) is 9.59 Å². The van der Waals surface area contributed by atoms with Crippen LogP contribution in [-0.4, -0.2) is 57.8 Å². The molecule has 2 heterocycles. The smallest absolute Gasteiger partial charge is 0.410 e. The third-order valence-electron chi connectivity index (χ3n) is 3.28. The zero-order valence-corrected chi connectivity index (χ0v) is 13.9. The number of methoxy groups -OCH3 is 1. The second kappa shape index (κ2) is 6.80. The molecule has 1 fully saturated rings. The largest absolute Gasteiger partial charge is 0.464 e. The van der Waals surface area contributed by atoms with Crippen molar-refractivity contribution in [2.24, 2.45) is 0 Å². The van der Waals surface area contributed by atoms with Crippen LogP contribution in [-0.2, 0) is 9.47 Å². The van der Waals surface area contributed by atoms with Crippen LogP contribution < -0.4 is 0 Å². The van der Waals surface area contributed by atoms with Gasteiger partial charge in [0.25, 0.3) is 0 Å². The highest BCUT2D eigenvalue weighted by molar-refractivity contribution is 5.86. The van der Waals surface area contributed by atoms with E-state index in [1.165, 1.54) is 18.0 Å². The molecule has 0 N–H and O–H groups in total. The molecule has 1 aromatic rings. The van der Waals surface area contributed by atoms with Crippen LogP contribution in [0, 0.1) is 0 Å². The average molecular weight is 322 g/mol. The molecule has 0 spiro atoms. The van der Waals surface area contributed by atoms with Gasteiger partial charge in [-0.05, 0) is 39.2 Å². The molecule has 0 saturated carbocycles. The van der Waals surface area contributed by atoms with E-state index in [2.05, 4.69) is 15.0 Å². The van der Waals surface area contributed by atoms with Crippen molar-refractivity contribution < 1.29 is 19.1 Å². The number of carbonyl (C=O) groups excluding carboxylic acids is 2.